The van der Waals surface area contributed by atoms with Crippen LogP contribution >= 0.6 is 11.5 Å². The van der Waals surface area contributed by atoms with Crippen molar-refractivity contribution in [3.05, 3.63) is 40.4 Å². The number of hydrogen-bond acceptors (Lipinski definition) is 6. The van der Waals surface area contributed by atoms with Crippen LogP contribution in [0.25, 0.3) is 0 Å². The predicted octanol–water partition coefficient (Wildman–Crippen LogP) is 1.58. The van der Waals surface area contributed by atoms with E-state index in [-0.39, 0.29) is 12.5 Å². The van der Waals surface area contributed by atoms with Crippen LogP contribution in [0, 0.1) is 6.92 Å². The number of amides is 1. The standard InChI is InChI=1S/C14H15N3O4S/c1-9-13(22-16-15-9)14(20)17(2)7-10-3-5-11(6-4-10)21-8-12(18)19/h3-6H,7-8H2,1-2H3,(H,18,19). The summed E-state index contributed by atoms with van der Waals surface area (Å²) in [6, 6.07) is 6.93. The Kier molecular flexibility index (Phi) is 5.05. The fourth-order valence-corrected chi connectivity index (χ4v) is 2.43. The van der Waals surface area contributed by atoms with Crippen molar-refractivity contribution >= 4 is 23.4 Å². The molecule has 116 valence electrons. The SMILES string of the molecule is Cc1nnsc1C(=O)N(C)Cc1ccc(OCC(=O)O)cc1. The van der Waals surface area contributed by atoms with Crippen LogP contribution in [-0.4, -0.2) is 45.1 Å². The Morgan fingerprint density at radius 2 is 2.00 bits per heavy atom. The molecular weight excluding hydrogens is 306 g/mol. The van der Waals surface area contributed by atoms with Gasteiger partial charge in [0.2, 0.25) is 0 Å². The average molecular weight is 321 g/mol. The van der Waals surface area contributed by atoms with Gasteiger partial charge in [0.15, 0.2) is 6.61 Å². The van der Waals surface area contributed by atoms with Gasteiger partial charge < -0.3 is 14.7 Å². The Balaban J connectivity index is 1.97. The van der Waals surface area contributed by atoms with Gasteiger partial charge in [0.1, 0.15) is 10.6 Å². The summed E-state index contributed by atoms with van der Waals surface area (Å²) in [6.07, 6.45) is 0. The molecule has 0 atom stereocenters. The van der Waals surface area contributed by atoms with Crippen LogP contribution in [0.5, 0.6) is 5.75 Å². The van der Waals surface area contributed by atoms with Gasteiger partial charge in [-0.05, 0) is 36.2 Å². The first kappa shape index (κ1) is 15.9. The highest BCUT2D eigenvalue weighted by molar-refractivity contribution is 7.07. The van der Waals surface area contributed by atoms with Gasteiger partial charge in [-0.15, -0.1) is 5.10 Å². The van der Waals surface area contributed by atoms with Gasteiger partial charge in [-0.1, -0.05) is 16.6 Å². The number of carbonyl (C=O) groups is 2. The maximum absolute atomic E-state index is 12.2. The van der Waals surface area contributed by atoms with Gasteiger partial charge >= 0.3 is 5.97 Å². The number of rotatable bonds is 6. The number of aromatic nitrogens is 2. The van der Waals surface area contributed by atoms with Crippen molar-refractivity contribution in [2.24, 2.45) is 0 Å². The van der Waals surface area contributed by atoms with E-state index in [9.17, 15) is 9.59 Å². The Labute approximate surface area is 131 Å². The minimum atomic E-state index is -1.03. The maximum Gasteiger partial charge on any atom is 0.341 e. The van der Waals surface area contributed by atoms with Crippen molar-refractivity contribution in [2.45, 2.75) is 13.5 Å². The zero-order chi connectivity index (χ0) is 16.1. The molecule has 0 saturated carbocycles. The minimum absolute atomic E-state index is 0.126. The highest BCUT2D eigenvalue weighted by Gasteiger charge is 2.17. The minimum Gasteiger partial charge on any atom is -0.482 e. The number of aryl methyl sites for hydroxylation is 1. The lowest BCUT2D eigenvalue weighted by molar-refractivity contribution is -0.139. The quantitative estimate of drug-likeness (QED) is 0.868. The summed E-state index contributed by atoms with van der Waals surface area (Å²) in [4.78, 5) is 24.8. The molecule has 0 radical (unpaired) electrons. The second-order valence-corrected chi connectivity index (χ2v) is 5.43. The molecule has 0 saturated heterocycles. The largest absolute Gasteiger partial charge is 0.482 e. The van der Waals surface area contributed by atoms with E-state index in [0.717, 1.165) is 17.1 Å². The van der Waals surface area contributed by atoms with E-state index >= 15 is 0 Å². The molecule has 22 heavy (non-hydrogen) atoms. The number of benzene rings is 1. The van der Waals surface area contributed by atoms with Gasteiger partial charge in [-0.3, -0.25) is 4.79 Å². The molecule has 0 bridgehead atoms. The monoisotopic (exact) mass is 321 g/mol. The molecule has 1 heterocycles. The summed E-state index contributed by atoms with van der Waals surface area (Å²) < 4.78 is 8.81. The van der Waals surface area contributed by atoms with Crippen LogP contribution in [0.2, 0.25) is 0 Å². The molecule has 2 rings (SSSR count). The van der Waals surface area contributed by atoms with Crippen molar-refractivity contribution in [3.8, 4) is 5.75 Å². The molecular formula is C14H15N3O4S. The lowest BCUT2D eigenvalue weighted by Crippen LogP contribution is -2.26. The van der Waals surface area contributed by atoms with E-state index in [1.807, 2.05) is 0 Å². The topological polar surface area (TPSA) is 92.6 Å². The molecule has 0 unspecified atom stereocenters. The zero-order valence-corrected chi connectivity index (χ0v) is 13.0. The van der Waals surface area contributed by atoms with Crippen molar-refractivity contribution < 1.29 is 19.4 Å². The zero-order valence-electron chi connectivity index (χ0n) is 12.1. The molecule has 1 N–H and O–H groups in total. The van der Waals surface area contributed by atoms with E-state index < -0.39 is 5.97 Å². The molecule has 1 aromatic heterocycles. The Morgan fingerprint density at radius 1 is 1.32 bits per heavy atom. The summed E-state index contributed by atoms with van der Waals surface area (Å²) in [5.41, 5.74) is 1.54. The number of carboxylic acids is 1. The number of aliphatic carboxylic acids is 1. The number of hydrogen-bond donors (Lipinski definition) is 1. The Morgan fingerprint density at radius 3 is 2.55 bits per heavy atom. The number of carboxylic acid groups (broad SMARTS) is 1. The van der Waals surface area contributed by atoms with Gasteiger partial charge in [-0.25, -0.2) is 4.79 Å². The van der Waals surface area contributed by atoms with Crippen LogP contribution in [0.1, 0.15) is 20.9 Å². The predicted molar refractivity (Wildman–Crippen MR) is 80.0 cm³/mol. The molecule has 7 nitrogen and oxygen atoms in total. The van der Waals surface area contributed by atoms with E-state index in [0.29, 0.717) is 22.9 Å². The molecule has 8 heteroatoms. The lowest BCUT2D eigenvalue weighted by atomic mass is 10.2. The third kappa shape index (κ3) is 4.01. The average Bonchev–Trinajstić information content (AvgIpc) is 2.91. The Bertz CT molecular complexity index is 669. The van der Waals surface area contributed by atoms with Crippen LogP contribution in [0.3, 0.4) is 0 Å². The van der Waals surface area contributed by atoms with Crippen molar-refractivity contribution in [1.82, 2.24) is 14.5 Å². The van der Waals surface area contributed by atoms with Crippen molar-refractivity contribution in [1.29, 1.82) is 0 Å². The molecule has 0 fully saturated rings. The number of nitrogens with zero attached hydrogens (tertiary/aromatic N) is 3. The second kappa shape index (κ2) is 6.99. The highest BCUT2D eigenvalue weighted by Crippen LogP contribution is 2.16. The van der Waals surface area contributed by atoms with Crippen LogP contribution < -0.4 is 4.74 Å². The third-order valence-electron chi connectivity index (χ3n) is 2.90. The smallest absolute Gasteiger partial charge is 0.341 e. The van der Waals surface area contributed by atoms with Gasteiger partial charge in [0.05, 0.1) is 5.69 Å². The normalized spacial score (nSPS) is 10.3. The highest BCUT2D eigenvalue weighted by atomic mass is 32.1. The third-order valence-corrected chi connectivity index (χ3v) is 3.71. The van der Waals surface area contributed by atoms with Crippen LogP contribution in [0.15, 0.2) is 24.3 Å². The molecule has 0 aliphatic rings. The summed E-state index contributed by atoms with van der Waals surface area (Å²) in [5.74, 6) is -0.677. The van der Waals surface area contributed by atoms with Crippen molar-refractivity contribution in [3.63, 3.8) is 0 Å². The molecule has 0 aliphatic carbocycles. The first-order chi connectivity index (χ1) is 10.5. The van der Waals surface area contributed by atoms with Gasteiger partial charge in [0, 0.05) is 13.6 Å². The maximum atomic E-state index is 12.2. The van der Waals surface area contributed by atoms with Crippen molar-refractivity contribution in [2.75, 3.05) is 13.7 Å². The summed E-state index contributed by atoms with van der Waals surface area (Å²) >= 11 is 1.08. The van der Waals surface area contributed by atoms with E-state index in [4.69, 9.17) is 9.84 Å². The molecule has 1 aromatic carbocycles. The first-order valence-electron chi connectivity index (χ1n) is 6.45. The summed E-state index contributed by atoms with van der Waals surface area (Å²) in [6.45, 7) is 1.80. The second-order valence-electron chi connectivity index (χ2n) is 4.68. The molecule has 1 amide bonds. The Hall–Kier alpha value is -2.48. The van der Waals surface area contributed by atoms with Crippen LogP contribution in [0.4, 0.5) is 0 Å². The number of carbonyl (C=O) groups excluding carboxylic acids is 1. The van der Waals surface area contributed by atoms with Gasteiger partial charge in [0.25, 0.3) is 5.91 Å². The lowest BCUT2D eigenvalue weighted by Gasteiger charge is -2.16. The molecule has 2 aromatic rings. The fraction of sp³-hybridized carbons (Fsp3) is 0.286. The van der Waals surface area contributed by atoms with E-state index in [1.165, 1.54) is 0 Å². The van der Waals surface area contributed by atoms with Crippen LogP contribution in [-0.2, 0) is 11.3 Å². The van der Waals surface area contributed by atoms with E-state index in [2.05, 4.69) is 9.59 Å². The summed E-state index contributed by atoms with van der Waals surface area (Å²) in [5, 5.41) is 12.4. The number of ether oxygens (including phenoxy) is 1. The van der Waals surface area contributed by atoms with E-state index in [1.54, 1.807) is 43.1 Å². The fourth-order valence-electron chi connectivity index (χ4n) is 1.78. The molecule has 0 aliphatic heterocycles. The molecule has 0 spiro atoms. The summed E-state index contributed by atoms with van der Waals surface area (Å²) in [7, 11) is 1.70. The first-order valence-corrected chi connectivity index (χ1v) is 7.22. The van der Waals surface area contributed by atoms with Gasteiger partial charge in [-0.2, -0.15) is 0 Å².